The van der Waals surface area contributed by atoms with Crippen molar-refractivity contribution < 1.29 is 0 Å². The minimum atomic E-state index is 0.163. The normalized spacial score (nSPS) is 16.1. The van der Waals surface area contributed by atoms with Gasteiger partial charge in [-0.05, 0) is 48.4 Å². The molecular formula is C17H22N2S. The van der Waals surface area contributed by atoms with Crippen LogP contribution >= 0.6 is 11.3 Å². The molecule has 3 heteroatoms. The Bertz CT molecular complexity index is 529. The van der Waals surface area contributed by atoms with Crippen molar-refractivity contribution >= 4 is 17.0 Å². The highest BCUT2D eigenvalue weighted by Crippen LogP contribution is 2.34. The maximum atomic E-state index is 6.09. The molecule has 1 aliphatic rings. The maximum absolute atomic E-state index is 6.09. The van der Waals surface area contributed by atoms with Gasteiger partial charge in [-0.15, -0.1) is 11.3 Å². The zero-order chi connectivity index (χ0) is 13.9. The lowest BCUT2D eigenvalue weighted by atomic mass is 10.0. The van der Waals surface area contributed by atoms with E-state index in [2.05, 4.69) is 53.6 Å². The number of nitrogens with two attached hydrogens (primary N) is 1. The zero-order valence-corrected chi connectivity index (χ0v) is 12.8. The predicted octanol–water partition coefficient (Wildman–Crippen LogP) is 4.33. The molecular weight excluding hydrogens is 264 g/mol. The summed E-state index contributed by atoms with van der Waals surface area (Å²) < 4.78 is 0. The van der Waals surface area contributed by atoms with E-state index in [1.54, 1.807) is 0 Å². The standard InChI is InChI=1S/C17H22N2S/c1-2-17(18)13-5-7-14(8-6-13)19(15-9-10-15)12-16-4-3-11-20-16/h3-8,11,15,17H,2,9-10,12,18H2,1H3/t17-/m0/s1. The summed E-state index contributed by atoms with van der Waals surface area (Å²) >= 11 is 1.84. The summed E-state index contributed by atoms with van der Waals surface area (Å²) in [6.45, 7) is 3.16. The first kappa shape index (κ1) is 13.7. The van der Waals surface area contributed by atoms with E-state index in [1.807, 2.05) is 11.3 Å². The van der Waals surface area contributed by atoms with E-state index in [-0.39, 0.29) is 6.04 Å². The Labute approximate surface area is 125 Å². The molecule has 1 heterocycles. The van der Waals surface area contributed by atoms with Crippen LogP contribution in [0.5, 0.6) is 0 Å². The van der Waals surface area contributed by atoms with E-state index < -0.39 is 0 Å². The van der Waals surface area contributed by atoms with E-state index in [1.165, 1.54) is 29.0 Å². The van der Waals surface area contributed by atoms with Gasteiger partial charge in [0.25, 0.3) is 0 Å². The summed E-state index contributed by atoms with van der Waals surface area (Å²) in [4.78, 5) is 3.97. The fraction of sp³-hybridized carbons (Fsp3) is 0.412. The second kappa shape index (κ2) is 5.98. The van der Waals surface area contributed by atoms with Gasteiger partial charge in [0.05, 0.1) is 6.54 Å². The highest BCUT2D eigenvalue weighted by atomic mass is 32.1. The van der Waals surface area contributed by atoms with Gasteiger partial charge in [0.15, 0.2) is 0 Å². The summed E-state index contributed by atoms with van der Waals surface area (Å²) in [6, 6.07) is 14.1. The zero-order valence-electron chi connectivity index (χ0n) is 12.0. The lowest BCUT2D eigenvalue weighted by Crippen LogP contribution is -2.24. The Morgan fingerprint density at radius 1 is 1.25 bits per heavy atom. The third-order valence-corrected chi connectivity index (χ3v) is 4.85. The van der Waals surface area contributed by atoms with Crippen LogP contribution in [-0.4, -0.2) is 6.04 Å². The summed E-state index contributed by atoms with van der Waals surface area (Å²) in [7, 11) is 0. The predicted molar refractivity (Wildman–Crippen MR) is 87.2 cm³/mol. The van der Waals surface area contributed by atoms with Crippen molar-refractivity contribution in [3.63, 3.8) is 0 Å². The smallest absolute Gasteiger partial charge is 0.0525 e. The average molecular weight is 286 g/mol. The first-order chi connectivity index (χ1) is 9.78. The lowest BCUT2D eigenvalue weighted by molar-refractivity contribution is 0.698. The Balaban J connectivity index is 1.77. The van der Waals surface area contributed by atoms with Crippen molar-refractivity contribution in [2.45, 2.75) is 44.8 Å². The van der Waals surface area contributed by atoms with Gasteiger partial charge < -0.3 is 10.6 Å². The Morgan fingerprint density at radius 3 is 2.55 bits per heavy atom. The number of thiophene rings is 1. The van der Waals surface area contributed by atoms with Crippen molar-refractivity contribution in [2.24, 2.45) is 5.73 Å². The van der Waals surface area contributed by atoms with Crippen LogP contribution < -0.4 is 10.6 Å². The molecule has 0 unspecified atom stereocenters. The van der Waals surface area contributed by atoms with Crippen LogP contribution in [0.1, 0.15) is 42.7 Å². The topological polar surface area (TPSA) is 29.3 Å². The molecule has 1 aliphatic carbocycles. The summed E-state index contributed by atoms with van der Waals surface area (Å²) in [5.41, 5.74) is 8.66. The molecule has 2 aromatic rings. The summed E-state index contributed by atoms with van der Waals surface area (Å²) in [5.74, 6) is 0. The highest BCUT2D eigenvalue weighted by molar-refractivity contribution is 7.09. The van der Waals surface area contributed by atoms with Gasteiger partial charge in [0, 0.05) is 22.6 Å². The van der Waals surface area contributed by atoms with Gasteiger partial charge in [0.2, 0.25) is 0 Å². The van der Waals surface area contributed by atoms with Crippen LogP contribution in [0.15, 0.2) is 41.8 Å². The van der Waals surface area contributed by atoms with Crippen LogP contribution in [0.25, 0.3) is 0 Å². The Hall–Kier alpha value is -1.32. The van der Waals surface area contributed by atoms with E-state index in [9.17, 15) is 0 Å². The minimum Gasteiger partial charge on any atom is -0.363 e. The SMILES string of the molecule is CC[C@H](N)c1ccc(N(Cc2cccs2)C2CC2)cc1. The van der Waals surface area contributed by atoms with Crippen molar-refractivity contribution in [3.05, 3.63) is 52.2 Å². The molecule has 20 heavy (non-hydrogen) atoms. The molecule has 0 spiro atoms. The molecule has 0 bridgehead atoms. The van der Waals surface area contributed by atoms with E-state index in [0.29, 0.717) is 0 Å². The fourth-order valence-corrected chi connectivity index (χ4v) is 3.24. The number of hydrogen-bond acceptors (Lipinski definition) is 3. The molecule has 106 valence electrons. The van der Waals surface area contributed by atoms with E-state index in [0.717, 1.165) is 19.0 Å². The van der Waals surface area contributed by atoms with Gasteiger partial charge in [0.1, 0.15) is 0 Å². The van der Waals surface area contributed by atoms with Crippen LogP contribution in [0.4, 0.5) is 5.69 Å². The van der Waals surface area contributed by atoms with Crippen LogP contribution in [0, 0.1) is 0 Å². The first-order valence-corrected chi connectivity index (χ1v) is 8.30. The fourth-order valence-electron chi connectivity index (χ4n) is 2.54. The average Bonchev–Trinajstić information content (AvgIpc) is 3.21. The highest BCUT2D eigenvalue weighted by Gasteiger charge is 2.29. The molecule has 0 radical (unpaired) electrons. The number of benzene rings is 1. The summed E-state index contributed by atoms with van der Waals surface area (Å²) in [6.07, 6.45) is 3.63. The van der Waals surface area contributed by atoms with Crippen molar-refractivity contribution in [1.29, 1.82) is 0 Å². The number of anilines is 1. The first-order valence-electron chi connectivity index (χ1n) is 7.42. The van der Waals surface area contributed by atoms with Gasteiger partial charge >= 0.3 is 0 Å². The van der Waals surface area contributed by atoms with Crippen molar-refractivity contribution in [3.8, 4) is 0 Å². The van der Waals surface area contributed by atoms with Gasteiger partial charge in [-0.3, -0.25) is 0 Å². The molecule has 3 rings (SSSR count). The largest absolute Gasteiger partial charge is 0.363 e. The molecule has 1 atom stereocenters. The van der Waals surface area contributed by atoms with Crippen molar-refractivity contribution in [2.75, 3.05) is 4.90 Å². The molecule has 1 fully saturated rings. The van der Waals surface area contributed by atoms with Crippen LogP contribution in [0.2, 0.25) is 0 Å². The van der Waals surface area contributed by atoms with Gasteiger partial charge in [-0.1, -0.05) is 25.1 Å². The Morgan fingerprint density at radius 2 is 2.00 bits per heavy atom. The molecule has 1 aromatic heterocycles. The second-order valence-electron chi connectivity index (χ2n) is 5.54. The molecule has 0 saturated heterocycles. The van der Waals surface area contributed by atoms with E-state index >= 15 is 0 Å². The quantitative estimate of drug-likeness (QED) is 0.856. The van der Waals surface area contributed by atoms with Gasteiger partial charge in [-0.2, -0.15) is 0 Å². The monoisotopic (exact) mass is 286 g/mol. The second-order valence-corrected chi connectivity index (χ2v) is 6.58. The van der Waals surface area contributed by atoms with Crippen LogP contribution in [-0.2, 0) is 6.54 Å². The molecule has 0 amide bonds. The van der Waals surface area contributed by atoms with Gasteiger partial charge in [-0.25, -0.2) is 0 Å². The molecule has 1 saturated carbocycles. The number of nitrogens with zero attached hydrogens (tertiary/aromatic N) is 1. The third kappa shape index (κ3) is 3.05. The number of rotatable bonds is 6. The third-order valence-electron chi connectivity index (χ3n) is 3.99. The van der Waals surface area contributed by atoms with Crippen molar-refractivity contribution in [1.82, 2.24) is 0 Å². The molecule has 2 nitrogen and oxygen atoms in total. The minimum absolute atomic E-state index is 0.163. The number of hydrogen-bond donors (Lipinski definition) is 1. The molecule has 0 aliphatic heterocycles. The lowest BCUT2D eigenvalue weighted by Gasteiger charge is -2.24. The Kier molecular flexibility index (Phi) is 4.08. The molecule has 2 N–H and O–H groups in total. The summed E-state index contributed by atoms with van der Waals surface area (Å²) in [5, 5.41) is 2.16. The molecule has 1 aromatic carbocycles. The van der Waals surface area contributed by atoms with E-state index in [4.69, 9.17) is 5.73 Å². The van der Waals surface area contributed by atoms with Crippen LogP contribution in [0.3, 0.4) is 0 Å². The maximum Gasteiger partial charge on any atom is 0.0525 e.